The van der Waals surface area contributed by atoms with Gasteiger partial charge in [0.25, 0.3) is 0 Å². The normalized spacial score (nSPS) is 19.5. The van der Waals surface area contributed by atoms with Crippen LogP contribution < -0.4 is 0 Å². The molecule has 0 spiro atoms. The number of aliphatic imine (C=N–C) groups is 2. The molecule has 2 aliphatic carbocycles. The number of aromatic nitrogens is 2. The minimum atomic E-state index is 0.525. The fourth-order valence-electron chi connectivity index (χ4n) is 4.72. The molecule has 0 amide bonds. The molecule has 0 aromatic carbocycles. The maximum atomic E-state index is 4.78. The summed E-state index contributed by atoms with van der Waals surface area (Å²) in [6.45, 7) is 1.78. The van der Waals surface area contributed by atoms with Crippen LogP contribution in [-0.4, -0.2) is 46.4 Å². The monoisotopic (exact) mass is 407 g/mol. The van der Waals surface area contributed by atoms with E-state index in [1.54, 1.807) is 0 Å². The van der Waals surface area contributed by atoms with Crippen LogP contribution in [0.5, 0.6) is 0 Å². The van der Waals surface area contributed by atoms with Crippen LogP contribution in [0.1, 0.15) is 87.0 Å². The van der Waals surface area contributed by atoms with Crippen molar-refractivity contribution in [2.24, 2.45) is 9.98 Å². The molecule has 5 nitrogen and oxygen atoms in total. The third-order valence-electron chi connectivity index (χ3n) is 6.42. The van der Waals surface area contributed by atoms with Crippen LogP contribution in [0.15, 0.2) is 34.3 Å². The predicted molar refractivity (Wildman–Crippen MR) is 126 cm³/mol. The van der Waals surface area contributed by atoms with Crippen molar-refractivity contribution in [3.63, 3.8) is 0 Å². The van der Waals surface area contributed by atoms with E-state index in [4.69, 9.17) is 9.98 Å². The van der Waals surface area contributed by atoms with Gasteiger partial charge in [0.1, 0.15) is 0 Å². The van der Waals surface area contributed by atoms with Crippen LogP contribution in [-0.2, 0) is 13.1 Å². The summed E-state index contributed by atoms with van der Waals surface area (Å²) >= 11 is 0. The first-order chi connectivity index (χ1) is 14.7. The molecule has 2 heterocycles. The van der Waals surface area contributed by atoms with Crippen molar-refractivity contribution >= 4 is 12.4 Å². The van der Waals surface area contributed by atoms with Gasteiger partial charge in [-0.05, 0) is 57.0 Å². The molecule has 0 radical (unpaired) electrons. The summed E-state index contributed by atoms with van der Waals surface area (Å²) in [4.78, 5) is 18.9. The molecule has 5 heteroatoms. The van der Waals surface area contributed by atoms with Crippen molar-refractivity contribution in [3.05, 3.63) is 47.0 Å². The highest BCUT2D eigenvalue weighted by Gasteiger charge is 2.12. The Balaban J connectivity index is 1.24. The second kappa shape index (κ2) is 10.8. The van der Waals surface area contributed by atoms with Gasteiger partial charge in [0.05, 0.1) is 23.5 Å². The van der Waals surface area contributed by atoms with Crippen molar-refractivity contribution in [2.75, 3.05) is 7.05 Å². The van der Waals surface area contributed by atoms with Gasteiger partial charge in [0, 0.05) is 36.9 Å². The molecular weight excluding hydrogens is 370 g/mol. The quantitative estimate of drug-likeness (QED) is 0.559. The molecule has 0 unspecified atom stereocenters. The number of aromatic amines is 2. The Hall–Kier alpha value is -2.14. The highest BCUT2D eigenvalue weighted by Crippen LogP contribution is 2.21. The first-order valence-corrected chi connectivity index (χ1v) is 11.9. The third-order valence-corrected chi connectivity index (χ3v) is 6.42. The van der Waals surface area contributed by atoms with Gasteiger partial charge in [0.2, 0.25) is 0 Å². The van der Waals surface area contributed by atoms with E-state index < -0.39 is 0 Å². The van der Waals surface area contributed by atoms with Crippen LogP contribution >= 0.6 is 0 Å². The summed E-state index contributed by atoms with van der Waals surface area (Å²) in [6.07, 6.45) is 17.1. The molecule has 2 aromatic rings. The van der Waals surface area contributed by atoms with Crippen molar-refractivity contribution < 1.29 is 0 Å². The molecule has 2 fully saturated rings. The zero-order chi connectivity index (χ0) is 20.6. The molecule has 2 aromatic heterocycles. The highest BCUT2D eigenvalue weighted by atomic mass is 15.1. The molecule has 2 N–H and O–H groups in total. The maximum Gasteiger partial charge on any atom is 0.0564 e. The lowest BCUT2D eigenvalue weighted by atomic mass is 9.96. The Morgan fingerprint density at radius 3 is 1.60 bits per heavy atom. The molecule has 0 saturated heterocycles. The third kappa shape index (κ3) is 6.43. The van der Waals surface area contributed by atoms with E-state index >= 15 is 0 Å². The second-order valence-electron chi connectivity index (χ2n) is 9.19. The van der Waals surface area contributed by atoms with E-state index in [0.29, 0.717) is 12.1 Å². The van der Waals surface area contributed by atoms with Gasteiger partial charge >= 0.3 is 0 Å². The summed E-state index contributed by atoms with van der Waals surface area (Å²) in [6, 6.07) is 9.69. The van der Waals surface area contributed by atoms with Gasteiger partial charge in [-0.2, -0.15) is 0 Å². The van der Waals surface area contributed by atoms with Crippen molar-refractivity contribution in [1.82, 2.24) is 14.9 Å². The van der Waals surface area contributed by atoms with E-state index in [2.05, 4.69) is 46.2 Å². The lowest BCUT2D eigenvalue weighted by Gasteiger charge is -2.17. The summed E-state index contributed by atoms with van der Waals surface area (Å²) in [5.41, 5.74) is 4.69. The number of nitrogens with one attached hydrogen (secondary N) is 2. The summed E-state index contributed by atoms with van der Waals surface area (Å²) in [5.74, 6) is 0. The van der Waals surface area contributed by atoms with Gasteiger partial charge in [0.15, 0.2) is 0 Å². The standard InChI is InChI=1S/C25H37N5/c1-30(18-24-14-12-22(28-24)16-26-20-8-4-2-5-9-20)19-25-15-13-23(29-25)17-27-21-10-6-3-7-11-21/h12-17,20-21,28-29H,2-11,18-19H2,1H3. The Labute approximate surface area is 181 Å². The molecule has 2 saturated carbocycles. The van der Waals surface area contributed by atoms with Crippen molar-refractivity contribution in [3.8, 4) is 0 Å². The fraction of sp³-hybridized carbons (Fsp3) is 0.600. The number of nitrogens with zero attached hydrogens (tertiary/aromatic N) is 3. The summed E-state index contributed by atoms with van der Waals surface area (Å²) < 4.78 is 0. The molecule has 4 rings (SSSR count). The average molecular weight is 408 g/mol. The zero-order valence-electron chi connectivity index (χ0n) is 18.4. The molecule has 0 aliphatic heterocycles. The molecule has 0 atom stereocenters. The lowest BCUT2D eigenvalue weighted by molar-refractivity contribution is 0.312. The molecular formula is C25H37N5. The van der Waals surface area contributed by atoms with Gasteiger partial charge in [-0.3, -0.25) is 14.9 Å². The van der Waals surface area contributed by atoms with Crippen molar-refractivity contribution in [1.29, 1.82) is 0 Å². The highest BCUT2D eigenvalue weighted by molar-refractivity contribution is 5.77. The van der Waals surface area contributed by atoms with Crippen LogP contribution in [0.4, 0.5) is 0 Å². The smallest absolute Gasteiger partial charge is 0.0564 e. The topological polar surface area (TPSA) is 59.5 Å². The van der Waals surface area contributed by atoms with Crippen LogP contribution in [0.3, 0.4) is 0 Å². The molecule has 30 heavy (non-hydrogen) atoms. The fourth-order valence-corrected chi connectivity index (χ4v) is 4.72. The van der Waals surface area contributed by atoms with E-state index in [9.17, 15) is 0 Å². The van der Waals surface area contributed by atoms with E-state index in [0.717, 1.165) is 24.5 Å². The van der Waals surface area contributed by atoms with E-state index in [1.807, 2.05) is 12.4 Å². The Morgan fingerprint density at radius 1 is 0.733 bits per heavy atom. The second-order valence-corrected chi connectivity index (χ2v) is 9.19. The van der Waals surface area contributed by atoms with Crippen LogP contribution in [0.25, 0.3) is 0 Å². The van der Waals surface area contributed by atoms with E-state index in [1.165, 1.54) is 75.6 Å². The maximum absolute atomic E-state index is 4.78. The molecule has 0 bridgehead atoms. The minimum Gasteiger partial charge on any atom is -0.357 e. The van der Waals surface area contributed by atoms with Gasteiger partial charge in [-0.25, -0.2) is 0 Å². The molecule has 162 valence electrons. The average Bonchev–Trinajstić information content (AvgIpc) is 3.41. The van der Waals surface area contributed by atoms with Crippen molar-refractivity contribution in [2.45, 2.75) is 89.4 Å². The van der Waals surface area contributed by atoms with Crippen LogP contribution in [0.2, 0.25) is 0 Å². The molecule has 2 aliphatic rings. The Kier molecular flexibility index (Phi) is 7.57. The summed E-state index contributed by atoms with van der Waals surface area (Å²) in [7, 11) is 2.16. The van der Waals surface area contributed by atoms with E-state index in [-0.39, 0.29) is 0 Å². The largest absolute Gasteiger partial charge is 0.357 e. The zero-order valence-corrected chi connectivity index (χ0v) is 18.4. The number of rotatable bonds is 8. The van der Waals surface area contributed by atoms with Gasteiger partial charge in [-0.1, -0.05) is 38.5 Å². The lowest BCUT2D eigenvalue weighted by Crippen LogP contribution is -2.17. The first-order valence-electron chi connectivity index (χ1n) is 11.9. The van der Waals surface area contributed by atoms with Crippen LogP contribution in [0, 0.1) is 0 Å². The number of hydrogen-bond donors (Lipinski definition) is 2. The Morgan fingerprint density at radius 2 is 1.17 bits per heavy atom. The summed E-state index contributed by atoms with van der Waals surface area (Å²) in [5, 5.41) is 0. The Bertz CT molecular complexity index is 750. The first kappa shape index (κ1) is 21.1. The number of H-pyrrole nitrogens is 2. The minimum absolute atomic E-state index is 0.525. The van der Waals surface area contributed by atoms with Gasteiger partial charge < -0.3 is 9.97 Å². The predicted octanol–water partition coefficient (Wildman–Crippen LogP) is 5.48. The SMILES string of the molecule is CN(Cc1ccc(C=NC2CCCCC2)[nH]1)Cc1ccc(C=NC2CCCCC2)[nH]1. The number of hydrogen-bond acceptors (Lipinski definition) is 3. The van der Waals surface area contributed by atoms with Gasteiger partial charge in [-0.15, -0.1) is 0 Å².